The first-order chi connectivity index (χ1) is 6.42. The van der Waals surface area contributed by atoms with Crippen molar-refractivity contribution in [2.45, 2.75) is 25.2 Å². The molecule has 0 bridgehead atoms. The van der Waals surface area contributed by atoms with Gasteiger partial charge in [-0.3, -0.25) is 4.98 Å². The highest BCUT2D eigenvalue weighted by molar-refractivity contribution is 5.25. The molecule has 2 nitrogen and oxygen atoms in total. The number of hydrogen-bond donors (Lipinski definition) is 0. The fraction of sp³-hybridized carbons (Fsp3) is 0.545. The summed E-state index contributed by atoms with van der Waals surface area (Å²) in [4.78, 5) is 4.44. The molecule has 0 N–H and O–H groups in total. The molecule has 0 fully saturated rings. The van der Waals surface area contributed by atoms with E-state index in [-0.39, 0.29) is 0 Å². The summed E-state index contributed by atoms with van der Waals surface area (Å²) < 4.78 is 5.20. The van der Waals surface area contributed by atoms with Crippen LogP contribution in [0.5, 0.6) is 0 Å². The van der Waals surface area contributed by atoms with Gasteiger partial charge < -0.3 is 4.74 Å². The number of ether oxygens (including phenoxy) is 1. The molecule has 0 saturated heterocycles. The van der Waals surface area contributed by atoms with Gasteiger partial charge in [-0.1, -0.05) is 6.07 Å². The van der Waals surface area contributed by atoms with Crippen molar-refractivity contribution in [2.24, 2.45) is 0 Å². The molecular weight excluding hydrogens is 162 g/mol. The highest BCUT2D eigenvalue weighted by Gasteiger charge is 2.20. The molecule has 1 aromatic heterocycles. The molecule has 0 amide bonds. The Bertz CT molecular complexity index is 285. The minimum atomic E-state index is 0.523. The first-order valence-corrected chi connectivity index (χ1v) is 4.84. The molecular formula is C11H15NO. The van der Waals surface area contributed by atoms with Gasteiger partial charge in [-0.2, -0.15) is 0 Å². The molecule has 0 aliphatic heterocycles. The number of aromatic nitrogens is 1. The van der Waals surface area contributed by atoms with Crippen LogP contribution < -0.4 is 0 Å². The van der Waals surface area contributed by atoms with E-state index in [0.29, 0.717) is 5.92 Å². The summed E-state index contributed by atoms with van der Waals surface area (Å²) >= 11 is 0. The summed E-state index contributed by atoms with van der Waals surface area (Å²) in [7, 11) is 1.76. The second kappa shape index (κ2) is 3.88. The summed E-state index contributed by atoms with van der Waals surface area (Å²) in [6.45, 7) is 0.810. The number of pyridine rings is 1. The Hall–Kier alpha value is -0.890. The van der Waals surface area contributed by atoms with Crippen LogP contribution >= 0.6 is 0 Å². The lowest BCUT2D eigenvalue weighted by Gasteiger charge is -2.23. The van der Waals surface area contributed by atoms with E-state index in [4.69, 9.17) is 4.74 Å². The second-order valence-electron chi connectivity index (χ2n) is 3.59. The van der Waals surface area contributed by atoms with Crippen LogP contribution in [0.25, 0.3) is 0 Å². The van der Waals surface area contributed by atoms with E-state index in [9.17, 15) is 0 Å². The molecule has 70 valence electrons. The standard InChI is InChI=1S/C11H15NO/c1-13-8-10-5-2-4-9-6-3-7-12-11(9)10/h3,6-7,10H,2,4-5,8H2,1H3. The highest BCUT2D eigenvalue weighted by atomic mass is 16.5. The lowest BCUT2D eigenvalue weighted by molar-refractivity contribution is 0.171. The molecule has 0 radical (unpaired) electrons. The maximum absolute atomic E-state index is 5.20. The van der Waals surface area contributed by atoms with Gasteiger partial charge in [0.15, 0.2) is 0 Å². The van der Waals surface area contributed by atoms with E-state index in [1.807, 2.05) is 12.3 Å². The number of hydrogen-bond acceptors (Lipinski definition) is 2. The zero-order chi connectivity index (χ0) is 9.10. The predicted molar refractivity (Wildman–Crippen MR) is 51.8 cm³/mol. The molecule has 13 heavy (non-hydrogen) atoms. The van der Waals surface area contributed by atoms with E-state index in [1.54, 1.807) is 7.11 Å². The minimum Gasteiger partial charge on any atom is -0.384 e. The molecule has 1 aliphatic carbocycles. The first kappa shape index (κ1) is 8.70. The smallest absolute Gasteiger partial charge is 0.0546 e. The third-order valence-electron chi connectivity index (χ3n) is 2.68. The molecule has 0 saturated carbocycles. The zero-order valence-corrected chi connectivity index (χ0v) is 7.99. The summed E-state index contributed by atoms with van der Waals surface area (Å²) in [6, 6.07) is 4.21. The molecule has 1 unspecified atom stereocenters. The Balaban J connectivity index is 2.26. The van der Waals surface area contributed by atoms with Gasteiger partial charge in [0.2, 0.25) is 0 Å². The topological polar surface area (TPSA) is 22.1 Å². The van der Waals surface area contributed by atoms with Crippen LogP contribution in [0.3, 0.4) is 0 Å². The Morgan fingerprint density at radius 3 is 3.38 bits per heavy atom. The van der Waals surface area contributed by atoms with Gasteiger partial charge in [0.25, 0.3) is 0 Å². The number of aryl methyl sites for hydroxylation is 1. The monoisotopic (exact) mass is 177 g/mol. The normalized spacial score (nSPS) is 21.2. The van der Waals surface area contributed by atoms with E-state index in [1.165, 1.54) is 30.5 Å². The Labute approximate surface area is 78.9 Å². The fourth-order valence-electron chi connectivity index (χ4n) is 2.07. The first-order valence-electron chi connectivity index (χ1n) is 4.84. The van der Waals surface area contributed by atoms with E-state index in [2.05, 4.69) is 11.1 Å². The zero-order valence-electron chi connectivity index (χ0n) is 7.99. The van der Waals surface area contributed by atoms with Crippen LogP contribution in [-0.4, -0.2) is 18.7 Å². The van der Waals surface area contributed by atoms with Crippen molar-refractivity contribution in [1.82, 2.24) is 4.98 Å². The number of nitrogens with zero attached hydrogens (tertiary/aromatic N) is 1. The predicted octanol–water partition coefficient (Wildman–Crippen LogP) is 2.15. The van der Waals surface area contributed by atoms with Crippen molar-refractivity contribution < 1.29 is 4.74 Å². The summed E-state index contributed by atoms with van der Waals surface area (Å²) in [5, 5.41) is 0. The third kappa shape index (κ3) is 1.73. The van der Waals surface area contributed by atoms with E-state index in [0.717, 1.165) is 6.61 Å². The van der Waals surface area contributed by atoms with Crippen LogP contribution in [0.15, 0.2) is 18.3 Å². The Morgan fingerprint density at radius 1 is 1.62 bits per heavy atom. The van der Waals surface area contributed by atoms with Crippen LogP contribution in [0.4, 0.5) is 0 Å². The lowest BCUT2D eigenvalue weighted by Crippen LogP contribution is -2.15. The average molecular weight is 177 g/mol. The van der Waals surface area contributed by atoms with Crippen molar-refractivity contribution in [3.8, 4) is 0 Å². The third-order valence-corrected chi connectivity index (χ3v) is 2.68. The number of rotatable bonds is 2. The number of methoxy groups -OCH3 is 1. The summed E-state index contributed by atoms with van der Waals surface area (Å²) in [5.74, 6) is 0.523. The van der Waals surface area contributed by atoms with Crippen LogP contribution in [0.1, 0.15) is 30.0 Å². The molecule has 0 aromatic carbocycles. The van der Waals surface area contributed by atoms with E-state index >= 15 is 0 Å². The maximum Gasteiger partial charge on any atom is 0.0546 e. The lowest BCUT2D eigenvalue weighted by atomic mass is 9.87. The maximum atomic E-state index is 5.20. The molecule has 1 atom stereocenters. The van der Waals surface area contributed by atoms with Crippen molar-refractivity contribution >= 4 is 0 Å². The van der Waals surface area contributed by atoms with Gasteiger partial charge >= 0.3 is 0 Å². The quantitative estimate of drug-likeness (QED) is 0.690. The summed E-state index contributed by atoms with van der Waals surface area (Å²) in [6.07, 6.45) is 5.56. The molecule has 2 heteroatoms. The highest BCUT2D eigenvalue weighted by Crippen LogP contribution is 2.29. The van der Waals surface area contributed by atoms with Gasteiger partial charge in [-0.25, -0.2) is 0 Å². The van der Waals surface area contributed by atoms with Crippen LogP contribution in [0, 0.1) is 0 Å². The Kier molecular flexibility index (Phi) is 2.60. The average Bonchev–Trinajstić information content (AvgIpc) is 2.19. The van der Waals surface area contributed by atoms with Gasteiger partial charge in [0.05, 0.1) is 6.61 Å². The van der Waals surface area contributed by atoms with Crippen molar-refractivity contribution in [3.05, 3.63) is 29.6 Å². The summed E-state index contributed by atoms with van der Waals surface area (Å²) in [5.41, 5.74) is 2.67. The molecule has 0 spiro atoms. The fourth-order valence-corrected chi connectivity index (χ4v) is 2.07. The molecule has 1 aromatic rings. The van der Waals surface area contributed by atoms with Gasteiger partial charge in [-0.05, 0) is 30.9 Å². The van der Waals surface area contributed by atoms with Crippen molar-refractivity contribution in [1.29, 1.82) is 0 Å². The second-order valence-corrected chi connectivity index (χ2v) is 3.59. The van der Waals surface area contributed by atoms with Crippen LogP contribution in [-0.2, 0) is 11.2 Å². The van der Waals surface area contributed by atoms with Crippen molar-refractivity contribution in [2.75, 3.05) is 13.7 Å². The van der Waals surface area contributed by atoms with Gasteiger partial charge in [0.1, 0.15) is 0 Å². The molecule has 2 rings (SSSR count). The molecule has 1 aliphatic rings. The largest absolute Gasteiger partial charge is 0.384 e. The van der Waals surface area contributed by atoms with Crippen molar-refractivity contribution in [3.63, 3.8) is 0 Å². The van der Waals surface area contributed by atoms with Gasteiger partial charge in [0, 0.05) is 24.9 Å². The minimum absolute atomic E-state index is 0.523. The van der Waals surface area contributed by atoms with Crippen LogP contribution in [0.2, 0.25) is 0 Å². The molecule has 1 heterocycles. The van der Waals surface area contributed by atoms with E-state index < -0.39 is 0 Å². The number of fused-ring (bicyclic) bond motifs is 1. The SMILES string of the molecule is COCC1CCCc2cccnc21. The van der Waals surface area contributed by atoms with Gasteiger partial charge in [-0.15, -0.1) is 0 Å². The Morgan fingerprint density at radius 2 is 2.54 bits per heavy atom.